The van der Waals surface area contributed by atoms with Crippen LogP contribution in [0.2, 0.25) is 0 Å². The molecule has 0 aliphatic carbocycles. The molecule has 0 aliphatic rings. The Kier molecular flexibility index (Phi) is 3.76. The Morgan fingerprint density at radius 2 is 1.92 bits per heavy atom. The number of carboxylic acids is 2. The smallest absolute Gasteiger partial charge is 0.332 e. The molecule has 0 aliphatic heterocycles. The summed E-state index contributed by atoms with van der Waals surface area (Å²) in [4.78, 5) is 20.8. The van der Waals surface area contributed by atoms with Crippen LogP contribution in [0.25, 0.3) is 0 Å². The van der Waals surface area contributed by atoms with Crippen molar-refractivity contribution in [2.75, 3.05) is 0 Å². The summed E-state index contributed by atoms with van der Waals surface area (Å²) < 4.78 is 0. The van der Waals surface area contributed by atoms with Crippen LogP contribution in [-0.4, -0.2) is 22.2 Å². The van der Waals surface area contributed by atoms with Gasteiger partial charge < -0.3 is 10.2 Å². The second-order valence-corrected chi connectivity index (χ2v) is 2.17. The SMILES string of the molecule is C=C(C(=O)O)C(/C=C/C)C(=O)O. The monoisotopic (exact) mass is 170 g/mol. The molecular weight excluding hydrogens is 160 g/mol. The first-order valence-electron chi connectivity index (χ1n) is 3.28. The number of hydrogen-bond acceptors (Lipinski definition) is 2. The zero-order valence-electron chi connectivity index (χ0n) is 6.65. The van der Waals surface area contributed by atoms with Gasteiger partial charge in [-0.1, -0.05) is 18.7 Å². The molecule has 4 heteroatoms. The van der Waals surface area contributed by atoms with Gasteiger partial charge in [0.1, 0.15) is 5.92 Å². The summed E-state index contributed by atoms with van der Waals surface area (Å²) in [5.74, 6) is -3.63. The Bertz CT molecular complexity index is 239. The van der Waals surface area contributed by atoms with Crippen LogP contribution in [0.1, 0.15) is 6.92 Å². The Balaban J connectivity index is 4.63. The quantitative estimate of drug-likeness (QED) is 0.485. The van der Waals surface area contributed by atoms with E-state index in [1.54, 1.807) is 6.92 Å². The van der Waals surface area contributed by atoms with Crippen LogP contribution in [-0.2, 0) is 9.59 Å². The maximum absolute atomic E-state index is 10.5. The molecule has 0 heterocycles. The maximum atomic E-state index is 10.5. The van der Waals surface area contributed by atoms with Crippen molar-refractivity contribution in [2.45, 2.75) is 6.92 Å². The van der Waals surface area contributed by atoms with E-state index in [-0.39, 0.29) is 5.57 Å². The highest BCUT2D eigenvalue weighted by Crippen LogP contribution is 2.11. The molecule has 0 amide bonds. The largest absolute Gasteiger partial charge is 0.481 e. The minimum absolute atomic E-state index is 0.333. The second-order valence-electron chi connectivity index (χ2n) is 2.17. The fraction of sp³-hybridized carbons (Fsp3) is 0.250. The van der Waals surface area contributed by atoms with Crippen molar-refractivity contribution in [3.8, 4) is 0 Å². The summed E-state index contributed by atoms with van der Waals surface area (Å²) in [5, 5.41) is 17.0. The Morgan fingerprint density at radius 1 is 1.42 bits per heavy atom. The van der Waals surface area contributed by atoms with E-state index < -0.39 is 17.9 Å². The molecule has 1 unspecified atom stereocenters. The summed E-state index contributed by atoms with van der Waals surface area (Å²) in [5.41, 5.74) is -0.333. The molecule has 0 spiro atoms. The minimum atomic E-state index is -1.29. The van der Waals surface area contributed by atoms with Crippen molar-refractivity contribution in [2.24, 2.45) is 5.92 Å². The van der Waals surface area contributed by atoms with Crippen LogP contribution < -0.4 is 0 Å². The molecule has 0 fully saturated rings. The van der Waals surface area contributed by atoms with E-state index in [9.17, 15) is 9.59 Å². The Labute approximate surface area is 69.8 Å². The number of carbonyl (C=O) groups is 2. The van der Waals surface area contributed by atoms with E-state index in [0.29, 0.717) is 0 Å². The van der Waals surface area contributed by atoms with E-state index >= 15 is 0 Å². The van der Waals surface area contributed by atoms with Gasteiger partial charge in [-0.15, -0.1) is 0 Å². The molecule has 0 aromatic carbocycles. The molecular formula is C8H10O4. The van der Waals surface area contributed by atoms with Gasteiger partial charge in [0.25, 0.3) is 0 Å². The van der Waals surface area contributed by atoms with Gasteiger partial charge in [0.05, 0.1) is 0 Å². The number of carboxylic acid groups (broad SMARTS) is 2. The average molecular weight is 170 g/mol. The Hall–Kier alpha value is -1.58. The fourth-order valence-electron chi connectivity index (χ4n) is 0.673. The van der Waals surface area contributed by atoms with Gasteiger partial charge >= 0.3 is 11.9 Å². The highest BCUT2D eigenvalue weighted by atomic mass is 16.4. The number of aliphatic carboxylic acids is 2. The average Bonchev–Trinajstić information content (AvgIpc) is 1.98. The first-order valence-corrected chi connectivity index (χ1v) is 3.28. The third kappa shape index (κ3) is 2.57. The number of allylic oxidation sites excluding steroid dienone is 1. The summed E-state index contributed by atoms with van der Waals surface area (Å²) in [6, 6.07) is 0. The minimum Gasteiger partial charge on any atom is -0.481 e. The normalized spacial score (nSPS) is 12.8. The van der Waals surface area contributed by atoms with Crippen molar-refractivity contribution < 1.29 is 19.8 Å². The van der Waals surface area contributed by atoms with Gasteiger partial charge in [-0.05, 0) is 6.92 Å². The molecule has 0 saturated heterocycles. The summed E-state index contributed by atoms with van der Waals surface area (Å²) in [7, 11) is 0. The van der Waals surface area contributed by atoms with E-state index in [2.05, 4.69) is 6.58 Å². The lowest BCUT2D eigenvalue weighted by Gasteiger charge is -2.05. The van der Waals surface area contributed by atoms with Crippen molar-refractivity contribution in [3.05, 3.63) is 24.3 Å². The van der Waals surface area contributed by atoms with Crippen molar-refractivity contribution in [1.29, 1.82) is 0 Å². The molecule has 0 radical (unpaired) electrons. The van der Waals surface area contributed by atoms with Crippen LogP contribution in [0.3, 0.4) is 0 Å². The maximum Gasteiger partial charge on any atom is 0.332 e. The number of hydrogen-bond donors (Lipinski definition) is 2. The molecule has 0 saturated carbocycles. The lowest BCUT2D eigenvalue weighted by molar-refractivity contribution is -0.142. The van der Waals surface area contributed by atoms with Crippen LogP contribution in [0, 0.1) is 5.92 Å². The van der Waals surface area contributed by atoms with E-state index in [4.69, 9.17) is 10.2 Å². The summed E-state index contributed by atoms with van der Waals surface area (Å²) in [6.07, 6.45) is 2.76. The molecule has 0 aromatic rings. The summed E-state index contributed by atoms with van der Waals surface area (Å²) in [6.45, 7) is 4.78. The summed E-state index contributed by atoms with van der Waals surface area (Å²) >= 11 is 0. The van der Waals surface area contributed by atoms with Crippen LogP contribution in [0.4, 0.5) is 0 Å². The fourth-order valence-corrected chi connectivity index (χ4v) is 0.673. The van der Waals surface area contributed by atoms with Gasteiger partial charge in [0.2, 0.25) is 0 Å². The third-order valence-electron chi connectivity index (χ3n) is 1.30. The molecule has 12 heavy (non-hydrogen) atoms. The first kappa shape index (κ1) is 10.4. The molecule has 1 atom stereocenters. The number of rotatable bonds is 4. The standard InChI is InChI=1S/C8H10O4/c1-3-4-6(8(11)12)5(2)7(9)10/h3-4,6H,2H2,1H3,(H,9,10)(H,11,12)/b4-3+. The van der Waals surface area contributed by atoms with Crippen molar-refractivity contribution >= 4 is 11.9 Å². The first-order chi connectivity index (χ1) is 5.50. The second kappa shape index (κ2) is 4.33. The highest BCUT2D eigenvalue weighted by Gasteiger charge is 2.22. The Morgan fingerprint density at radius 3 is 2.17 bits per heavy atom. The van der Waals surface area contributed by atoms with Gasteiger partial charge in [-0.25, -0.2) is 4.79 Å². The van der Waals surface area contributed by atoms with E-state index in [1.165, 1.54) is 12.2 Å². The van der Waals surface area contributed by atoms with Crippen LogP contribution in [0.5, 0.6) is 0 Å². The van der Waals surface area contributed by atoms with Gasteiger partial charge in [-0.2, -0.15) is 0 Å². The predicted molar refractivity (Wildman–Crippen MR) is 42.7 cm³/mol. The molecule has 0 bridgehead atoms. The molecule has 0 rings (SSSR count). The van der Waals surface area contributed by atoms with Crippen LogP contribution in [0.15, 0.2) is 24.3 Å². The topological polar surface area (TPSA) is 74.6 Å². The van der Waals surface area contributed by atoms with Crippen molar-refractivity contribution in [1.82, 2.24) is 0 Å². The van der Waals surface area contributed by atoms with Gasteiger partial charge in [-0.3, -0.25) is 4.79 Å². The third-order valence-corrected chi connectivity index (χ3v) is 1.30. The van der Waals surface area contributed by atoms with Gasteiger partial charge in [0, 0.05) is 5.57 Å². The molecule has 0 aromatic heterocycles. The zero-order chi connectivity index (χ0) is 9.72. The van der Waals surface area contributed by atoms with Crippen LogP contribution >= 0.6 is 0 Å². The lowest BCUT2D eigenvalue weighted by atomic mass is 10.0. The lowest BCUT2D eigenvalue weighted by Crippen LogP contribution is -2.18. The zero-order valence-corrected chi connectivity index (χ0v) is 6.65. The van der Waals surface area contributed by atoms with E-state index in [1.807, 2.05) is 0 Å². The molecule has 66 valence electrons. The predicted octanol–water partition coefficient (Wildman–Crippen LogP) is 0.904. The van der Waals surface area contributed by atoms with E-state index in [0.717, 1.165) is 0 Å². The van der Waals surface area contributed by atoms with Crippen molar-refractivity contribution in [3.63, 3.8) is 0 Å². The highest BCUT2D eigenvalue weighted by molar-refractivity contribution is 5.94. The molecule has 4 nitrogen and oxygen atoms in total. The molecule has 2 N–H and O–H groups in total. The van der Waals surface area contributed by atoms with Gasteiger partial charge in [0.15, 0.2) is 0 Å².